The van der Waals surface area contributed by atoms with E-state index in [1.807, 2.05) is 18.6 Å². The molecule has 1 aromatic carbocycles. The second-order valence-corrected chi connectivity index (χ2v) is 6.84. The fraction of sp³-hybridized carbons (Fsp3) is 0.278. The van der Waals surface area contributed by atoms with Crippen molar-refractivity contribution in [3.05, 3.63) is 59.3 Å². The third-order valence-corrected chi connectivity index (χ3v) is 4.98. The van der Waals surface area contributed by atoms with Gasteiger partial charge in [-0.1, -0.05) is 11.8 Å². The zero-order valence-corrected chi connectivity index (χ0v) is 14.7. The smallest absolute Gasteiger partial charge is 0.187 e. The number of H-pyrrole nitrogens is 1. The first-order chi connectivity index (χ1) is 12.2. The number of nitrogens with one attached hydrogen (secondary N) is 1. The van der Waals surface area contributed by atoms with Crippen LogP contribution in [0.3, 0.4) is 0 Å². The van der Waals surface area contributed by atoms with Crippen molar-refractivity contribution in [2.75, 3.05) is 12.8 Å². The molecule has 0 unspecified atom stereocenters. The first-order valence-corrected chi connectivity index (χ1v) is 9.34. The molecular formula is C18H18FN5S. The first-order valence-electron chi connectivity index (χ1n) is 8.12. The Balaban J connectivity index is 1.52. The average molecular weight is 355 g/mol. The van der Waals surface area contributed by atoms with Gasteiger partial charge in [-0.25, -0.2) is 14.4 Å². The molecule has 3 aromatic rings. The van der Waals surface area contributed by atoms with Crippen molar-refractivity contribution < 1.29 is 4.39 Å². The molecule has 5 nitrogen and oxygen atoms in total. The van der Waals surface area contributed by atoms with Gasteiger partial charge in [-0.3, -0.25) is 10.00 Å². The van der Waals surface area contributed by atoms with Crippen LogP contribution in [0.2, 0.25) is 0 Å². The van der Waals surface area contributed by atoms with Crippen LogP contribution in [0.4, 0.5) is 4.39 Å². The van der Waals surface area contributed by atoms with E-state index in [4.69, 9.17) is 0 Å². The zero-order chi connectivity index (χ0) is 17.2. The largest absolute Gasteiger partial charge is 0.294 e. The van der Waals surface area contributed by atoms with Gasteiger partial charge in [-0.2, -0.15) is 5.10 Å². The monoisotopic (exact) mass is 355 g/mol. The molecule has 1 aliphatic heterocycles. The van der Waals surface area contributed by atoms with Crippen LogP contribution in [-0.4, -0.2) is 37.9 Å². The lowest BCUT2D eigenvalue weighted by atomic mass is 10.0. The minimum atomic E-state index is -0.234. The molecule has 0 aliphatic carbocycles. The second-order valence-electron chi connectivity index (χ2n) is 6.07. The lowest BCUT2D eigenvalue weighted by Gasteiger charge is -2.27. The number of hydrogen-bond acceptors (Lipinski definition) is 5. The van der Waals surface area contributed by atoms with Crippen molar-refractivity contribution in [2.24, 2.45) is 0 Å². The molecule has 25 heavy (non-hydrogen) atoms. The molecule has 0 amide bonds. The quantitative estimate of drug-likeness (QED) is 0.575. The van der Waals surface area contributed by atoms with Crippen LogP contribution >= 0.6 is 11.8 Å². The van der Waals surface area contributed by atoms with E-state index in [1.165, 1.54) is 17.7 Å². The number of aromatic nitrogens is 4. The Bertz CT molecular complexity index is 877. The summed E-state index contributed by atoms with van der Waals surface area (Å²) < 4.78 is 13.1. The summed E-state index contributed by atoms with van der Waals surface area (Å²) >= 11 is 1.57. The highest BCUT2D eigenvalue weighted by molar-refractivity contribution is 7.98. The number of rotatable bonds is 4. The molecule has 0 saturated carbocycles. The third kappa shape index (κ3) is 3.43. The molecular weight excluding hydrogens is 337 g/mol. The predicted molar refractivity (Wildman–Crippen MR) is 95.6 cm³/mol. The van der Waals surface area contributed by atoms with Gasteiger partial charge in [0.2, 0.25) is 0 Å². The Labute approximate surface area is 149 Å². The van der Waals surface area contributed by atoms with Gasteiger partial charge in [-0.05, 0) is 30.5 Å². The topological polar surface area (TPSA) is 57.7 Å². The fourth-order valence-corrected chi connectivity index (χ4v) is 3.49. The number of fused-ring (bicyclic) bond motifs is 1. The van der Waals surface area contributed by atoms with Gasteiger partial charge in [0.05, 0.1) is 17.6 Å². The van der Waals surface area contributed by atoms with Crippen molar-refractivity contribution in [2.45, 2.75) is 24.7 Å². The molecule has 0 bridgehead atoms. The highest BCUT2D eigenvalue weighted by Crippen LogP contribution is 2.25. The summed E-state index contributed by atoms with van der Waals surface area (Å²) in [4.78, 5) is 11.4. The van der Waals surface area contributed by atoms with E-state index in [-0.39, 0.29) is 5.82 Å². The number of benzene rings is 1. The van der Waals surface area contributed by atoms with Crippen LogP contribution in [0.15, 0.2) is 41.8 Å². The molecule has 0 saturated heterocycles. The van der Waals surface area contributed by atoms with Crippen LogP contribution in [0.25, 0.3) is 11.3 Å². The Morgan fingerprint density at radius 1 is 1.24 bits per heavy atom. The van der Waals surface area contributed by atoms with Gasteiger partial charge in [0, 0.05) is 48.9 Å². The molecule has 4 rings (SSSR count). The van der Waals surface area contributed by atoms with Crippen molar-refractivity contribution >= 4 is 11.8 Å². The van der Waals surface area contributed by atoms with E-state index in [0.29, 0.717) is 0 Å². The Morgan fingerprint density at radius 2 is 2.08 bits per heavy atom. The molecule has 1 N–H and O–H groups in total. The summed E-state index contributed by atoms with van der Waals surface area (Å²) in [7, 11) is 0. The lowest BCUT2D eigenvalue weighted by Crippen LogP contribution is -2.31. The van der Waals surface area contributed by atoms with Gasteiger partial charge >= 0.3 is 0 Å². The standard InChI is InChI=1S/C18H18FN5S/c1-25-18-20-8-13-10-24(7-6-16(13)22-18)11-14-9-21-23-17(14)12-2-4-15(19)5-3-12/h2-5,8-9H,6-7,10-11H2,1H3,(H,21,23). The molecule has 1 aliphatic rings. The minimum absolute atomic E-state index is 0.234. The van der Waals surface area contributed by atoms with Crippen LogP contribution in [0, 0.1) is 5.82 Å². The Morgan fingerprint density at radius 3 is 2.88 bits per heavy atom. The number of nitrogens with zero attached hydrogens (tertiary/aromatic N) is 4. The number of thioether (sulfide) groups is 1. The maximum Gasteiger partial charge on any atom is 0.187 e. The summed E-state index contributed by atoms with van der Waals surface area (Å²) in [5.41, 5.74) is 5.34. The van der Waals surface area contributed by atoms with E-state index in [2.05, 4.69) is 25.1 Å². The maximum atomic E-state index is 13.1. The van der Waals surface area contributed by atoms with Crippen LogP contribution in [0.1, 0.15) is 16.8 Å². The molecule has 7 heteroatoms. The maximum absolute atomic E-state index is 13.1. The normalized spacial score (nSPS) is 14.5. The van der Waals surface area contributed by atoms with Gasteiger partial charge in [0.15, 0.2) is 5.16 Å². The van der Waals surface area contributed by atoms with E-state index >= 15 is 0 Å². The van der Waals surface area contributed by atoms with Crippen molar-refractivity contribution in [3.8, 4) is 11.3 Å². The van der Waals surface area contributed by atoms with E-state index in [0.717, 1.165) is 53.7 Å². The molecule has 0 fully saturated rings. The van der Waals surface area contributed by atoms with E-state index < -0.39 is 0 Å². The summed E-state index contributed by atoms with van der Waals surface area (Å²) in [6.45, 7) is 2.57. The van der Waals surface area contributed by atoms with Gasteiger partial charge in [0.1, 0.15) is 5.82 Å². The highest BCUT2D eigenvalue weighted by atomic mass is 32.2. The molecule has 128 valence electrons. The van der Waals surface area contributed by atoms with Gasteiger partial charge < -0.3 is 0 Å². The molecule has 0 radical (unpaired) electrons. The van der Waals surface area contributed by atoms with Crippen LogP contribution in [0.5, 0.6) is 0 Å². The van der Waals surface area contributed by atoms with Crippen LogP contribution in [-0.2, 0) is 19.5 Å². The Hall–Kier alpha value is -2.25. The SMILES string of the molecule is CSc1ncc2c(n1)CCN(Cc1cn[nH]c1-c1ccc(F)cc1)C2. The first kappa shape index (κ1) is 16.2. The average Bonchev–Trinajstić information content (AvgIpc) is 3.10. The van der Waals surface area contributed by atoms with Crippen LogP contribution < -0.4 is 0 Å². The second kappa shape index (κ2) is 6.93. The fourth-order valence-electron chi connectivity index (χ4n) is 3.13. The van der Waals surface area contributed by atoms with E-state index in [1.54, 1.807) is 23.9 Å². The number of hydrogen-bond donors (Lipinski definition) is 1. The zero-order valence-electron chi connectivity index (χ0n) is 13.9. The van der Waals surface area contributed by atoms with Crippen molar-refractivity contribution in [1.82, 2.24) is 25.1 Å². The Kier molecular flexibility index (Phi) is 4.50. The minimum Gasteiger partial charge on any atom is -0.294 e. The van der Waals surface area contributed by atoms with Gasteiger partial charge in [-0.15, -0.1) is 0 Å². The van der Waals surface area contributed by atoms with E-state index in [9.17, 15) is 4.39 Å². The summed E-state index contributed by atoms with van der Waals surface area (Å²) in [6, 6.07) is 6.49. The number of aromatic amines is 1. The van der Waals surface area contributed by atoms with Crippen molar-refractivity contribution in [1.29, 1.82) is 0 Å². The summed E-state index contributed by atoms with van der Waals surface area (Å²) in [5.74, 6) is -0.234. The van der Waals surface area contributed by atoms with Crippen molar-refractivity contribution in [3.63, 3.8) is 0 Å². The molecule has 0 spiro atoms. The molecule has 2 aromatic heterocycles. The lowest BCUT2D eigenvalue weighted by molar-refractivity contribution is 0.242. The third-order valence-electron chi connectivity index (χ3n) is 4.42. The summed E-state index contributed by atoms with van der Waals surface area (Å²) in [6.07, 6.45) is 6.71. The molecule has 0 atom stereocenters. The molecule has 3 heterocycles. The number of halogens is 1. The highest BCUT2D eigenvalue weighted by Gasteiger charge is 2.20. The van der Waals surface area contributed by atoms with Gasteiger partial charge in [0.25, 0.3) is 0 Å². The summed E-state index contributed by atoms with van der Waals surface area (Å²) in [5, 5.41) is 8.05. The predicted octanol–water partition coefficient (Wildman–Crippen LogP) is 3.29.